The van der Waals surface area contributed by atoms with Crippen LogP contribution in [0.25, 0.3) is 6.08 Å². The summed E-state index contributed by atoms with van der Waals surface area (Å²) in [5.74, 6) is 0.933. The molecule has 164 valence electrons. The number of carbonyl (C=O) groups excluding carboxylic acids is 1. The minimum Gasteiger partial charge on any atom is -0.424 e. The van der Waals surface area contributed by atoms with Crippen molar-refractivity contribution in [2.24, 2.45) is 5.92 Å². The molecule has 3 aromatic rings. The summed E-state index contributed by atoms with van der Waals surface area (Å²) in [5.41, 5.74) is 3.98. The van der Waals surface area contributed by atoms with Crippen molar-refractivity contribution in [3.8, 4) is 11.8 Å². The van der Waals surface area contributed by atoms with Crippen LogP contribution in [-0.2, 0) is 0 Å². The highest BCUT2D eigenvalue weighted by atomic mass is 79.9. The number of hydrogen-bond acceptors (Lipinski definition) is 5. The van der Waals surface area contributed by atoms with Gasteiger partial charge in [0.2, 0.25) is 0 Å². The molecule has 1 saturated heterocycles. The second-order valence-electron chi connectivity index (χ2n) is 7.79. The third-order valence-electron chi connectivity index (χ3n) is 5.26. The predicted molar refractivity (Wildman–Crippen MR) is 128 cm³/mol. The number of ether oxygens (including phenoxy) is 1. The molecule has 1 fully saturated rings. The van der Waals surface area contributed by atoms with Crippen molar-refractivity contribution < 1.29 is 9.53 Å². The average Bonchev–Trinajstić information content (AvgIpc) is 2.78. The van der Waals surface area contributed by atoms with Gasteiger partial charge in [0.05, 0.1) is 16.4 Å². The number of benzene rings is 1. The van der Waals surface area contributed by atoms with Crippen molar-refractivity contribution in [2.45, 2.75) is 20.3 Å². The fourth-order valence-corrected chi connectivity index (χ4v) is 3.74. The molecule has 0 saturated carbocycles. The maximum Gasteiger partial charge on any atom is 0.321 e. The van der Waals surface area contributed by atoms with Gasteiger partial charge in [0.15, 0.2) is 0 Å². The summed E-state index contributed by atoms with van der Waals surface area (Å²) < 4.78 is 6.56. The van der Waals surface area contributed by atoms with E-state index in [9.17, 15) is 4.79 Å². The summed E-state index contributed by atoms with van der Waals surface area (Å²) in [5, 5.41) is 2.93. The SMILES string of the molecule is Cc1ccc(NC(=O)N2CC/C(=C\c3cccc(Oc4ncc(Br)cn4)c3)C(C)C2)cn1. The number of aromatic nitrogens is 3. The summed E-state index contributed by atoms with van der Waals surface area (Å²) in [7, 11) is 0. The largest absolute Gasteiger partial charge is 0.424 e. The van der Waals surface area contributed by atoms with Crippen molar-refractivity contribution >= 4 is 33.7 Å². The molecule has 1 N–H and O–H groups in total. The van der Waals surface area contributed by atoms with Crippen LogP contribution in [0, 0.1) is 12.8 Å². The van der Waals surface area contributed by atoms with E-state index in [1.165, 1.54) is 5.57 Å². The molecule has 2 aromatic heterocycles. The number of urea groups is 1. The molecule has 1 aliphatic rings. The molecule has 1 aromatic carbocycles. The van der Waals surface area contributed by atoms with Gasteiger partial charge in [-0.1, -0.05) is 30.7 Å². The van der Waals surface area contributed by atoms with E-state index in [4.69, 9.17) is 4.74 Å². The Kier molecular flexibility index (Phi) is 6.80. The van der Waals surface area contributed by atoms with E-state index < -0.39 is 0 Å². The van der Waals surface area contributed by atoms with E-state index >= 15 is 0 Å². The molecule has 1 aliphatic heterocycles. The standard InChI is InChI=1S/C24H24BrN5O2/c1-16-15-30(24(31)29-21-7-6-17(2)26-14-21)9-8-19(16)10-18-4-3-5-22(11-18)32-23-27-12-20(25)13-28-23/h3-7,10-14,16H,8-9,15H2,1-2H3,(H,29,31)/b19-10+. The van der Waals surface area contributed by atoms with Gasteiger partial charge in [-0.3, -0.25) is 4.98 Å². The Morgan fingerprint density at radius 1 is 1.19 bits per heavy atom. The summed E-state index contributed by atoms with van der Waals surface area (Å²) in [6.07, 6.45) is 7.98. The number of anilines is 1. The number of halogens is 1. The molecule has 0 aliphatic carbocycles. The van der Waals surface area contributed by atoms with E-state index in [-0.39, 0.29) is 11.9 Å². The lowest BCUT2D eigenvalue weighted by Crippen LogP contribution is -2.42. The van der Waals surface area contributed by atoms with Gasteiger partial charge < -0.3 is 15.0 Å². The number of amides is 2. The molecule has 0 radical (unpaired) electrons. The van der Waals surface area contributed by atoms with Crippen molar-refractivity contribution in [1.82, 2.24) is 19.9 Å². The number of aryl methyl sites for hydroxylation is 1. The highest BCUT2D eigenvalue weighted by Gasteiger charge is 2.24. The van der Waals surface area contributed by atoms with Gasteiger partial charge in [-0.15, -0.1) is 0 Å². The summed E-state index contributed by atoms with van der Waals surface area (Å²) in [6, 6.07) is 11.8. The fourth-order valence-electron chi connectivity index (χ4n) is 3.53. The van der Waals surface area contributed by atoms with Gasteiger partial charge in [0.25, 0.3) is 0 Å². The number of carbonyl (C=O) groups is 1. The molecule has 4 rings (SSSR count). The Morgan fingerprint density at radius 2 is 2.00 bits per heavy atom. The Labute approximate surface area is 195 Å². The second-order valence-corrected chi connectivity index (χ2v) is 8.71. The molecule has 7 nitrogen and oxygen atoms in total. The number of pyridine rings is 1. The fraction of sp³-hybridized carbons (Fsp3) is 0.250. The third kappa shape index (κ3) is 5.70. The number of likely N-dealkylation sites (tertiary alicyclic amines) is 1. The van der Waals surface area contributed by atoms with Gasteiger partial charge in [-0.05, 0) is 65.0 Å². The number of piperidine rings is 1. The van der Waals surface area contributed by atoms with Crippen LogP contribution in [0.3, 0.4) is 0 Å². The molecule has 0 bridgehead atoms. The van der Waals surface area contributed by atoms with Gasteiger partial charge in [-0.2, -0.15) is 0 Å². The van der Waals surface area contributed by atoms with Crippen molar-refractivity contribution in [3.63, 3.8) is 0 Å². The summed E-state index contributed by atoms with van der Waals surface area (Å²) in [4.78, 5) is 27.0. The zero-order valence-electron chi connectivity index (χ0n) is 18.0. The Morgan fingerprint density at radius 3 is 2.72 bits per heavy atom. The number of rotatable bonds is 4. The van der Waals surface area contributed by atoms with E-state index in [0.29, 0.717) is 30.5 Å². The van der Waals surface area contributed by atoms with E-state index in [1.807, 2.05) is 48.2 Å². The lowest BCUT2D eigenvalue weighted by atomic mass is 9.91. The monoisotopic (exact) mass is 493 g/mol. The zero-order chi connectivity index (χ0) is 22.5. The first-order chi connectivity index (χ1) is 15.5. The Hall–Kier alpha value is -3.26. The lowest BCUT2D eigenvalue weighted by Gasteiger charge is -2.33. The van der Waals surface area contributed by atoms with Gasteiger partial charge >= 0.3 is 12.0 Å². The topological polar surface area (TPSA) is 80.2 Å². The van der Waals surface area contributed by atoms with Gasteiger partial charge in [0.1, 0.15) is 5.75 Å². The van der Waals surface area contributed by atoms with Crippen molar-refractivity contribution in [2.75, 3.05) is 18.4 Å². The molecule has 3 heterocycles. The average molecular weight is 494 g/mol. The maximum atomic E-state index is 12.6. The maximum absolute atomic E-state index is 12.6. The van der Waals surface area contributed by atoms with E-state index in [0.717, 1.165) is 22.2 Å². The van der Waals surface area contributed by atoms with Crippen LogP contribution in [0.15, 0.2) is 65.0 Å². The molecular formula is C24H24BrN5O2. The van der Waals surface area contributed by atoms with Crippen LogP contribution < -0.4 is 10.1 Å². The molecular weight excluding hydrogens is 470 g/mol. The predicted octanol–water partition coefficient (Wildman–Crippen LogP) is 5.69. The van der Waals surface area contributed by atoms with Crippen LogP contribution in [0.5, 0.6) is 11.8 Å². The van der Waals surface area contributed by atoms with Gasteiger partial charge in [-0.25, -0.2) is 14.8 Å². The second kappa shape index (κ2) is 9.91. The smallest absolute Gasteiger partial charge is 0.321 e. The number of nitrogens with zero attached hydrogens (tertiary/aromatic N) is 4. The van der Waals surface area contributed by atoms with Crippen LogP contribution in [-0.4, -0.2) is 39.0 Å². The quantitative estimate of drug-likeness (QED) is 0.504. The van der Waals surface area contributed by atoms with Crippen molar-refractivity contribution in [3.05, 3.63) is 76.3 Å². The third-order valence-corrected chi connectivity index (χ3v) is 5.67. The summed E-state index contributed by atoms with van der Waals surface area (Å²) in [6.45, 7) is 5.40. The van der Waals surface area contributed by atoms with E-state index in [1.54, 1.807) is 18.6 Å². The number of hydrogen-bond donors (Lipinski definition) is 1. The Balaban J connectivity index is 1.38. The molecule has 0 spiro atoms. The first-order valence-electron chi connectivity index (χ1n) is 10.4. The van der Waals surface area contributed by atoms with Crippen LogP contribution >= 0.6 is 15.9 Å². The van der Waals surface area contributed by atoms with Crippen molar-refractivity contribution in [1.29, 1.82) is 0 Å². The summed E-state index contributed by atoms with van der Waals surface area (Å²) >= 11 is 3.32. The van der Waals surface area contributed by atoms with E-state index in [2.05, 4.69) is 49.2 Å². The van der Waals surface area contributed by atoms with Crippen LogP contribution in [0.1, 0.15) is 24.6 Å². The first-order valence-corrected chi connectivity index (χ1v) is 11.2. The Bertz CT molecular complexity index is 1120. The normalized spacial score (nSPS) is 17.3. The minimum absolute atomic E-state index is 0.0913. The molecule has 32 heavy (non-hydrogen) atoms. The molecule has 2 amide bonds. The highest BCUT2D eigenvalue weighted by molar-refractivity contribution is 9.10. The van der Waals surface area contributed by atoms with Crippen LogP contribution in [0.4, 0.5) is 10.5 Å². The zero-order valence-corrected chi connectivity index (χ0v) is 19.5. The lowest BCUT2D eigenvalue weighted by molar-refractivity contribution is 0.198. The highest BCUT2D eigenvalue weighted by Crippen LogP contribution is 2.27. The van der Waals surface area contributed by atoms with Gasteiger partial charge in [0, 0.05) is 31.2 Å². The van der Waals surface area contributed by atoms with Crippen LogP contribution in [0.2, 0.25) is 0 Å². The molecule has 8 heteroatoms. The number of nitrogens with one attached hydrogen (secondary N) is 1. The molecule has 1 atom stereocenters. The first kappa shape index (κ1) is 22.0. The molecule has 1 unspecified atom stereocenters. The minimum atomic E-state index is -0.0913.